The molecule has 17 heavy (non-hydrogen) atoms. The summed E-state index contributed by atoms with van der Waals surface area (Å²) < 4.78 is 0. The van der Waals surface area contributed by atoms with Crippen molar-refractivity contribution in [3.05, 3.63) is 29.3 Å². The lowest BCUT2D eigenvalue weighted by atomic mass is 9.90. The fraction of sp³-hybridized carbons (Fsp3) is 0.462. The molecular weight excluding hydrogens is 214 g/mol. The zero-order valence-electron chi connectivity index (χ0n) is 10.1. The Labute approximate surface area is 101 Å². The van der Waals surface area contributed by atoms with Crippen molar-refractivity contribution < 1.29 is 4.79 Å². The number of hydrogen-bond acceptors (Lipinski definition) is 3. The van der Waals surface area contributed by atoms with Crippen molar-refractivity contribution in [1.29, 1.82) is 0 Å². The van der Waals surface area contributed by atoms with Crippen LogP contribution >= 0.6 is 0 Å². The lowest BCUT2D eigenvalue weighted by Gasteiger charge is -2.21. The number of benzene rings is 1. The van der Waals surface area contributed by atoms with Crippen LogP contribution in [0.5, 0.6) is 0 Å². The molecule has 2 unspecified atom stereocenters. The predicted octanol–water partition coefficient (Wildman–Crippen LogP) is 1.17. The van der Waals surface area contributed by atoms with Crippen LogP contribution in [0, 0.1) is 5.92 Å². The van der Waals surface area contributed by atoms with Gasteiger partial charge in [0.15, 0.2) is 0 Å². The molecule has 5 N–H and O–H groups in total. The minimum absolute atomic E-state index is 0.0500. The van der Waals surface area contributed by atoms with E-state index in [9.17, 15) is 4.79 Å². The van der Waals surface area contributed by atoms with Crippen LogP contribution in [-0.4, -0.2) is 12.5 Å². The first-order valence-corrected chi connectivity index (χ1v) is 6.04. The molecule has 0 saturated heterocycles. The Bertz CT molecular complexity index is 427. The van der Waals surface area contributed by atoms with Gasteiger partial charge in [-0.1, -0.05) is 25.5 Å². The van der Waals surface area contributed by atoms with Crippen LogP contribution in [0.3, 0.4) is 0 Å². The van der Waals surface area contributed by atoms with Crippen molar-refractivity contribution in [2.24, 2.45) is 17.4 Å². The summed E-state index contributed by atoms with van der Waals surface area (Å²) in [5, 5.41) is 2.82. The van der Waals surface area contributed by atoms with E-state index in [0.717, 1.165) is 23.2 Å². The highest BCUT2D eigenvalue weighted by atomic mass is 16.1. The summed E-state index contributed by atoms with van der Waals surface area (Å²) >= 11 is 0. The van der Waals surface area contributed by atoms with Gasteiger partial charge in [-0.25, -0.2) is 0 Å². The molecule has 1 heterocycles. The van der Waals surface area contributed by atoms with Gasteiger partial charge in [-0.2, -0.15) is 0 Å². The zero-order valence-corrected chi connectivity index (χ0v) is 10.1. The Morgan fingerprint density at radius 2 is 2.24 bits per heavy atom. The van der Waals surface area contributed by atoms with Gasteiger partial charge in [0.25, 0.3) is 0 Å². The second-order valence-corrected chi connectivity index (χ2v) is 4.57. The summed E-state index contributed by atoms with van der Waals surface area (Å²) in [6.07, 6.45) is 1.42. The first-order chi connectivity index (χ1) is 8.15. The van der Waals surface area contributed by atoms with Gasteiger partial charge in [-0.15, -0.1) is 0 Å². The van der Waals surface area contributed by atoms with E-state index < -0.39 is 0 Å². The number of rotatable bonds is 4. The second-order valence-electron chi connectivity index (χ2n) is 4.57. The molecule has 0 fully saturated rings. The standard InChI is InChI=1S/C13H19N3O/c1-2-8(7-14)13(15)9-3-4-11-10(5-9)6-12(17)16-11/h3-5,8,13H,2,6-7,14-15H2,1H3,(H,16,17). The van der Waals surface area contributed by atoms with E-state index >= 15 is 0 Å². The zero-order chi connectivity index (χ0) is 12.4. The summed E-state index contributed by atoms with van der Waals surface area (Å²) in [6.45, 7) is 2.68. The number of nitrogens with two attached hydrogens (primary N) is 2. The third-order valence-corrected chi connectivity index (χ3v) is 3.47. The highest BCUT2D eigenvalue weighted by Gasteiger charge is 2.21. The maximum absolute atomic E-state index is 11.3. The van der Waals surface area contributed by atoms with Crippen LogP contribution in [0.25, 0.3) is 0 Å². The van der Waals surface area contributed by atoms with Crippen LogP contribution in [0.2, 0.25) is 0 Å². The fourth-order valence-electron chi connectivity index (χ4n) is 2.30. The Morgan fingerprint density at radius 1 is 1.47 bits per heavy atom. The van der Waals surface area contributed by atoms with E-state index in [-0.39, 0.29) is 17.9 Å². The van der Waals surface area contributed by atoms with E-state index in [4.69, 9.17) is 11.5 Å². The number of carbonyl (C=O) groups excluding carboxylic acids is 1. The van der Waals surface area contributed by atoms with E-state index in [1.54, 1.807) is 0 Å². The van der Waals surface area contributed by atoms with Gasteiger partial charge >= 0.3 is 0 Å². The molecule has 1 aliphatic rings. The molecule has 0 aromatic heterocycles. The Kier molecular flexibility index (Phi) is 3.45. The molecule has 0 spiro atoms. The molecule has 0 saturated carbocycles. The summed E-state index contributed by atoms with van der Waals surface area (Å²) in [4.78, 5) is 11.3. The van der Waals surface area contributed by atoms with Crippen LogP contribution in [-0.2, 0) is 11.2 Å². The fourth-order valence-corrected chi connectivity index (χ4v) is 2.30. The van der Waals surface area contributed by atoms with Crippen LogP contribution in [0.4, 0.5) is 5.69 Å². The molecule has 1 aromatic carbocycles. The average molecular weight is 233 g/mol. The lowest BCUT2D eigenvalue weighted by molar-refractivity contribution is -0.115. The van der Waals surface area contributed by atoms with E-state index in [1.165, 1.54) is 0 Å². The number of nitrogens with one attached hydrogen (secondary N) is 1. The van der Waals surface area contributed by atoms with Gasteiger partial charge < -0.3 is 16.8 Å². The molecule has 92 valence electrons. The van der Waals surface area contributed by atoms with Crippen molar-refractivity contribution in [2.45, 2.75) is 25.8 Å². The lowest BCUT2D eigenvalue weighted by Crippen LogP contribution is -2.27. The minimum Gasteiger partial charge on any atom is -0.330 e. The predicted molar refractivity (Wildman–Crippen MR) is 68.5 cm³/mol. The minimum atomic E-state index is -0.0500. The first kappa shape index (κ1) is 12.1. The van der Waals surface area contributed by atoms with E-state index in [2.05, 4.69) is 12.2 Å². The van der Waals surface area contributed by atoms with E-state index in [1.807, 2.05) is 18.2 Å². The molecule has 1 amide bonds. The normalized spacial score (nSPS) is 17.5. The summed E-state index contributed by atoms with van der Waals surface area (Å²) in [6, 6.07) is 5.88. The van der Waals surface area contributed by atoms with Crippen molar-refractivity contribution >= 4 is 11.6 Å². The van der Waals surface area contributed by atoms with Gasteiger partial charge in [0, 0.05) is 11.7 Å². The number of carbonyl (C=O) groups is 1. The van der Waals surface area contributed by atoms with Crippen molar-refractivity contribution in [3.63, 3.8) is 0 Å². The molecule has 0 radical (unpaired) electrons. The monoisotopic (exact) mass is 233 g/mol. The number of fused-ring (bicyclic) bond motifs is 1. The van der Waals surface area contributed by atoms with Gasteiger partial charge in [0.1, 0.15) is 0 Å². The Balaban J connectivity index is 2.23. The third-order valence-electron chi connectivity index (χ3n) is 3.47. The van der Waals surface area contributed by atoms with Crippen molar-refractivity contribution in [1.82, 2.24) is 0 Å². The summed E-state index contributed by atoms with van der Waals surface area (Å²) in [5.41, 5.74) is 14.9. The van der Waals surface area contributed by atoms with Crippen LogP contribution < -0.4 is 16.8 Å². The van der Waals surface area contributed by atoms with E-state index in [0.29, 0.717) is 13.0 Å². The maximum Gasteiger partial charge on any atom is 0.228 e. The number of hydrogen-bond donors (Lipinski definition) is 3. The number of anilines is 1. The van der Waals surface area contributed by atoms with Gasteiger partial charge in [-0.05, 0) is 29.7 Å². The molecule has 1 aliphatic heterocycles. The first-order valence-electron chi connectivity index (χ1n) is 6.04. The average Bonchev–Trinajstić information content (AvgIpc) is 2.69. The van der Waals surface area contributed by atoms with Crippen LogP contribution in [0.15, 0.2) is 18.2 Å². The third kappa shape index (κ3) is 2.33. The summed E-state index contributed by atoms with van der Waals surface area (Å²) in [5.74, 6) is 0.342. The second kappa shape index (κ2) is 4.85. The molecule has 4 heteroatoms. The van der Waals surface area contributed by atoms with Gasteiger partial charge in [0.2, 0.25) is 5.91 Å². The quantitative estimate of drug-likeness (QED) is 0.730. The molecular formula is C13H19N3O. The summed E-state index contributed by atoms with van der Waals surface area (Å²) in [7, 11) is 0. The smallest absolute Gasteiger partial charge is 0.228 e. The largest absolute Gasteiger partial charge is 0.330 e. The molecule has 1 aromatic rings. The Morgan fingerprint density at radius 3 is 2.88 bits per heavy atom. The number of amides is 1. The Hall–Kier alpha value is -1.39. The molecule has 0 aliphatic carbocycles. The van der Waals surface area contributed by atoms with Crippen molar-refractivity contribution in [2.75, 3.05) is 11.9 Å². The molecule has 0 bridgehead atoms. The van der Waals surface area contributed by atoms with Crippen LogP contribution in [0.1, 0.15) is 30.5 Å². The SMILES string of the molecule is CCC(CN)C(N)c1ccc2c(c1)CC(=O)N2. The highest BCUT2D eigenvalue weighted by molar-refractivity contribution is 5.99. The van der Waals surface area contributed by atoms with Gasteiger partial charge in [0.05, 0.1) is 6.42 Å². The molecule has 2 atom stereocenters. The van der Waals surface area contributed by atoms with Gasteiger partial charge in [-0.3, -0.25) is 4.79 Å². The topological polar surface area (TPSA) is 81.1 Å². The molecule has 4 nitrogen and oxygen atoms in total. The van der Waals surface area contributed by atoms with Crippen molar-refractivity contribution in [3.8, 4) is 0 Å². The highest BCUT2D eigenvalue weighted by Crippen LogP contribution is 2.28. The maximum atomic E-state index is 11.3. The molecule has 2 rings (SSSR count).